The molecule has 0 unspecified atom stereocenters. The fourth-order valence-corrected chi connectivity index (χ4v) is 5.71. The Morgan fingerprint density at radius 3 is 2.33 bits per heavy atom. The number of carbonyl (C=O) groups excluding carboxylic acids is 2. The van der Waals surface area contributed by atoms with Crippen molar-refractivity contribution < 1.29 is 14.0 Å². The fourth-order valence-electron chi connectivity index (χ4n) is 4.82. The minimum atomic E-state index is -0.720. The van der Waals surface area contributed by atoms with Crippen LogP contribution in [-0.4, -0.2) is 17.6 Å². The third-order valence-electron chi connectivity index (χ3n) is 6.65. The maximum absolute atomic E-state index is 13.7. The number of nitrogens with one attached hydrogen (secondary N) is 3. The van der Waals surface area contributed by atoms with Gasteiger partial charge in [-0.3, -0.25) is 9.59 Å². The van der Waals surface area contributed by atoms with Gasteiger partial charge in [0.1, 0.15) is 5.76 Å². The highest BCUT2D eigenvalue weighted by atomic mass is 32.2. The van der Waals surface area contributed by atoms with Crippen LogP contribution in [-0.2, 0) is 9.59 Å². The van der Waals surface area contributed by atoms with E-state index in [4.69, 9.17) is 4.42 Å². The summed E-state index contributed by atoms with van der Waals surface area (Å²) in [5.41, 5.74) is 7.87. The molecule has 0 fully saturated rings. The van der Waals surface area contributed by atoms with Crippen LogP contribution < -0.4 is 16.0 Å². The third-order valence-corrected chi connectivity index (χ3v) is 7.67. The van der Waals surface area contributed by atoms with E-state index in [9.17, 15) is 14.9 Å². The van der Waals surface area contributed by atoms with E-state index in [0.29, 0.717) is 27.6 Å². The normalized spacial score (nSPS) is 15.1. The van der Waals surface area contributed by atoms with Gasteiger partial charge in [-0.1, -0.05) is 41.6 Å². The zero-order chi connectivity index (χ0) is 28.3. The molecule has 200 valence electrons. The van der Waals surface area contributed by atoms with E-state index in [2.05, 4.69) is 22.0 Å². The van der Waals surface area contributed by atoms with Gasteiger partial charge in [0.05, 0.1) is 40.2 Å². The topological polar surface area (TPSA) is 107 Å². The second-order valence-electron chi connectivity index (χ2n) is 9.85. The Bertz CT molecular complexity index is 1520. The Morgan fingerprint density at radius 1 is 0.974 bits per heavy atom. The fraction of sp³-hybridized carbons (Fsp3) is 0.258. The zero-order valence-electron chi connectivity index (χ0n) is 23.0. The molecule has 1 atom stereocenters. The smallest absolute Gasteiger partial charge is 0.254 e. The van der Waals surface area contributed by atoms with Gasteiger partial charge in [0.15, 0.2) is 0 Å². The lowest BCUT2D eigenvalue weighted by Gasteiger charge is -2.28. The molecule has 1 aliphatic rings. The molecule has 0 radical (unpaired) electrons. The molecule has 2 amide bonds. The second kappa shape index (κ2) is 11.7. The van der Waals surface area contributed by atoms with E-state index in [1.165, 1.54) is 18.0 Å². The first-order valence-electron chi connectivity index (χ1n) is 12.6. The average Bonchev–Trinajstić information content (AvgIpc) is 3.41. The standard InChI is InChI=1S/C31H32N4O3S/c1-17-9-10-19(3)24(14-17)34-26(36)16-39-31-23(15-32)28(25-8-7-11-38-25)27(22(6)33-31)30(37)35-29-20(4)12-18(2)13-21(29)5/h7-14,28,33H,16H2,1-6H3,(H,34,36)(H,35,37)/t28-/m0/s1. The summed E-state index contributed by atoms with van der Waals surface area (Å²) in [5, 5.41) is 20.0. The van der Waals surface area contributed by atoms with Crippen LogP contribution in [0.25, 0.3) is 0 Å². The van der Waals surface area contributed by atoms with Crippen molar-refractivity contribution in [3.8, 4) is 6.07 Å². The van der Waals surface area contributed by atoms with Gasteiger partial charge in [-0.15, -0.1) is 0 Å². The lowest BCUT2D eigenvalue weighted by atomic mass is 9.85. The third kappa shape index (κ3) is 6.10. The highest BCUT2D eigenvalue weighted by molar-refractivity contribution is 8.03. The number of dihydropyridines is 1. The molecular weight excluding hydrogens is 508 g/mol. The molecule has 0 saturated heterocycles. The summed E-state index contributed by atoms with van der Waals surface area (Å²) in [4.78, 5) is 26.5. The molecule has 1 aliphatic heterocycles. The van der Waals surface area contributed by atoms with E-state index in [1.54, 1.807) is 19.1 Å². The first kappa shape index (κ1) is 27.8. The van der Waals surface area contributed by atoms with Crippen molar-refractivity contribution in [3.05, 3.63) is 104 Å². The number of hydrogen-bond donors (Lipinski definition) is 3. The van der Waals surface area contributed by atoms with Crippen molar-refractivity contribution in [2.45, 2.75) is 47.5 Å². The molecule has 39 heavy (non-hydrogen) atoms. The van der Waals surface area contributed by atoms with Crippen molar-refractivity contribution >= 4 is 35.0 Å². The summed E-state index contributed by atoms with van der Waals surface area (Å²) in [6.07, 6.45) is 1.52. The predicted octanol–water partition coefficient (Wildman–Crippen LogP) is 6.53. The number of allylic oxidation sites excluding steroid dienone is 2. The summed E-state index contributed by atoms with van der Waals surface area (Å²) in [5.74, 6) is -0.663. The van der Waals surface area contributed by atoms with Gasteiger partial charge in [-0.25, -0.2) is 0 Å². The molecule has 1 aromatic heterocycles. The molecule has 7 nitrogen and oxygen atoms in total. The number of anilines is 2. The molecule has 0 bridgehead atoms. The van der Waals surface area contributed by atoms with Crippen LogP contribution in [0.1, 0.15) is 46.4 Å². The lowest BCUT2D eigenvalue weighted by Crippen LogP contribution is -2.31. The molecule has 4 rings (SSSR count). The Hall–Kier alpha value is -4.22. The Labute approximate surface area is 233 Å². The van der Waals surface area contributed by atoms with E-state index >= 15 is 0 Å². The van der Waals surface area contributed by atoms with Crippen molar-refractivity contribution in [2.24, 2.45) is 0 Å². The van der Waals surface area contributed by atoms with Crippen LogP contribution in [0, 0.1) is 45.9 Å². The van der Waals surface area contributed by atoms with Crippen LogP contribution >= 0.6 is 11.8 Å². The van der Waals surface area contributed by atoms with Gasteiger partial charge >= 0.3 is 0 Å². The number of carbonyl (C=O) groups is 2. The highest BCUT2D eigenvalue weighted by Crippen LogP contribution is 2.41. The summed E-state index contributed by atoms with van der Waals surface area (Å²) in [7, 11) is 0. The molecule has 2 aromatic carbocycles. The number of furan rings is 1. The maximum atomic E-state index is 13.7. The molecular formula is C31H32N4O3S. The number of hydrogen-bond acceptors (Lipinski definition) is 6. The van der Waals surface area contributed by atoms with E-state index in [-0.39, 0.29) is 17.6 Å². The Balaban J connectivity index is 1.61. The van der Waals surface area contributed by atoms with Gasteiger partial charge in [0, 0.05) is 17.1 Å². The molecule has 2 heterocycles. The number of amides is 2. The molecule has 0 spiro atoms. The van der Waals surface area contributed by atoms with Crippen molar-refractivity contribution in [3.63, 3.8) is 0 Å². The zero-order valence-corrected chi connectivity index (χ0v) is 23.8. The van der Waals surface area contributed by atoms with E-state index in [1.807, 2.05) is 65.0 Å². The van der Waals surface area contributed by atoms with E-state index in [0.717, 1.165) is 39.2 Å². The van der Waals surface area contributed by atoms with Crippen LogP contribution in [0.3, 0.4) is 0 Å². The van der Waals surface area contributed by atoms with Crippen molar-refractivity contribution in [2.75, 3.05) is 16.4 Å². The Morgan fingerprint density at radius 2 is 1.69 bits per heavy atom. The number of thioether (sulfide) groups is 1. The Kier molecular flexibility index (Phi) is 8.32. The number of benzene rings is 2. The summed E-state index contributed by atoms with van der Waals surface area (Å²) < 4.78 is 5.71. The van der Waals surface area contributed by atoms with Gasteiger partial charge < -0.3 is 20.4 Å². The van der Waals surface area contributed by atoms with Gasteiger partial charge in [-0.2, -0.15) is 5.26 Å². The van der Waals surface area contributed by atoms with Crippen LogP contribution in [0.2, 0.25) is 0 Å². The lowest BCUT2D eigenvalue weighted by molar-refractivity contribution is -0.114. The minimum absolute atomic E-state index is 0.0857. The molecule has 3 N–H and O–H groups in total. The van der Waals surface area contributed by atoms with Gasteiger partial charge in [-0.05, 0) is 82.0 Å². The molecule has 3 aromatic rings. The maximum Gasteiger partial charge on any atom is 0.254 e. The average molecular weight is 541 g/mol. The van der Waals surface area contributed by atoms with Crippen LogP contribution in [0.4, 0.5) is 11.4 Å². The quantitative estimate of drug-likeness (QED) is 0.315. The summed E-state index contributed by atoms with van der Waals surface area (Å²) in [6.45, 7) is 11.6. The summed E-state index contributed by atoms with van der Waals surface area (Å²) in [6, 6.07) is 15.7. The van der Waals surface area contributed by atoms with Gasteiger partial charge in [0.2, 0.25) is 5.91 Å². The van der Waals surface area contributed by atoms with Crippen LogP contribution in [0.5, 0.6) is 0 Å². The number of nitriles is 1. The number of nitrogens with zero attached hydrogens (tertiary/aromatic N) is 1. The first-order chi connectivity index (χ1) is 18.6. The van der Waals surface area contributed by atoms with Crippen molar-refractivity contribution in [1.29, 1.82) is 5.26 Å². The first-order valence-corrected chi connectivity index (χ1v) is 13.6. The SMILES string of the molecule is CC1=C(C(=O)Nc2c(C)cc(C)cc2C)[C@H](c2ccco2)C(C#N)=C(SCC(=O)Nc2cc(C)ccc2C)N1. The molecule has 8 heteroatoms. The minimum Gasteiger partial charge on any atom is -0.468 e. The second-order valence-corrected chi connectivity index (χ2v) is 10.8. The van der Waals surface area contributed by atoms with Crippen LogP contribution in [0.15, 0.2) is 75.0 Å². The monoisotopic (exact) mass is 540 g/mol. The summed E-state index contributed by atoms with van der Waals surface area (Å²) >= 11 is 1.22. The number of aryl methyl sites for hydroxylation is 5. The number of rotatable bonds is 7. The predicted molar refractivity (Wildman–Crippen MR) is 156 cm³/mol. The highest BCUT2D eigenvalue weighted by Gasteiger charge is 2.36. The largest absolute Gasteiger partial charge is 0.468 e. The van der Waals surface area contributed by atoms with Gasteiger partial charge in [0.25, 0.3) is 5.91 Å². The molecule has 0 aliphatic carbocycles. The van der Waals surface area contributed by atoms with Crippen molar-refractivity contribution in [1.82, 2.24) is 5.32 Å². The van der Waals surface area contributed by atoms with E-state index < -0.39 is 5.92 Å². The molecule has 0 saturated carbocycles.